The lowest BCUT2D eigenvalue weighted by Gasteiger charge is -2.34. The fourth-order valence-corrected chi connectivity index (χ4v) is 2.09. The van der Waals surface area contributed by atoms with Crippen LogP contribution in [0.15, 0.2) is 0 Å². The summed E-state index contributed by atoms with van der Waals surface area (Å²) in [4.78, 5) is 3.05. The average Bonchev–Trinajstić information content (AvgIpc) is 2.53. The van der Waals surface area contributed by atoms with Crippen LogP contribution in [0.3, 0.4) is 0 Å². The van der Waals surface area contributed by atoms with E-state index in [2.05, 4.69) is 0 Å². The van der Waals surface area contributed by atoms with E-state index in [1.54, 1.807) is 0 Å². The Morgan fingerprint density at radius 1 is 0.480 bits per heavy atom. The maximum absolute atomic E-state index is 9.55. The summed E-state index contributed by atoms with van der Waals surface area (Å²) in [6, 6.07) is 0. The summed E-state index contributed by atoms with van der Waals surface area (Å²) in [5.74, 6) is 0. The van der Waals surface area contributed by atoms with Gasteiger partial charge in [-0.15, -0.1) is 0 Å². The Morgan fingerprint density at radius 2 is 0.680 bits per heavy atom. The zero-order chi connectivity index (χ0) is 17.8. The molecule has 0 aliphatic rings. The van der Waals surface area contributed by atoms with Gasteiger partial charge in [-0.2, -0.15) is 0 Å². The number of hydrogen-bond acceptors (Lipinski definition) is 10. The Labute approximate surface area is 150 Å². The summed E-state index contributed by atoms with van der Waals surface area (Å²) in [6.45, 7) is -1.88. The molecule has 0 aromatic heterocycles. The Hall–Kier alpha value is -0.400. The summed E-state index contributed by atoms with van der Waals surface area (Å²) >= 11 is 0. The lowest BCUT2D eigenvalue weighted by atomic mass is 10.2. The van der Waals surface area contributed by atoms with E-state index in [0.717, 1.165) is 0 Å². The number of nitrogens with zero attached hydrogens (tertiary/aromatic N) is 2. The topological polar surface area (TPSA) is 168 Å². The van der Waals surface area contributed by atoms with Crippen molar-refractivity contribution in [3.05, 3.63) is 0 Å². The van der Waals surface area contributed by atoms with Gasteiger partial charge in [0.2, 0.25) is 0 Å². The van der Waals surface area contributed by atoms with Gasteiger partial charge in [0.05, 0.1) is 57.5 Å². The number of rotatable bonds is 14. The molecule has 10 heteroatoms. The summed E-state index contributed by atoms with van der Waals surface area (Å²) in [6.07, 6.45) is -4.25. The molecule has 0 saturated carbocycles. The third-order valence-electron chi connectivity index (χ3n) is 3.12. The van der Waals surface area contributed by atoms with Crippen molar-refractivity contribution in [1.29, 1.82) is 0 Å². The molecular weight excluding hydrogens is 336 g/mol. The average molecular weight is 374 g/mol. The Kier molecular flexibility index (Phi) is 20.0. The molecule has 156 valence electrons. The predicted molar refractivity (Wildman–Crippen MR) is 93.8 cm³/mol. The first kappa shape index (κ1) is 29.4. The standard InChI is InChI=1S/C13H30N2O8.2CH4/c16-5-10(20)1-14(2-11(21)6-17)9-15(3-12(22)7-18)4-13(23)8-19;;/h10-13,16-23H,1-9H2;2*1H4. The van der Waals surface area contributed by atoms with Crippen LogP contribution in [-0.2, 0) is 0 Å². The zero-order valence-corrected chi connectivity index (χ0v) is 13.1. The van der Waals surface area contributed by atoms with Gasteiger partial charge in [0.15, 0.2) is 0 Å². The third-order valence-corrected chi connectivity index (χ3v) is 3.12. The van der Waals surface area contributed by atoms with Crippen LogP contribution >= 0.6 is 0 Å². The summed E-state index contributed by atoms with van der Waals surface area (Å²) in [7, 11) is 0. The third kappa shape index (κ3) is 14.5. The van der Waals surface area contributed by atoms with Crippen molar-refractivity contribution in [1.82, 2.24) is 9.80 Å². The first-order valence-corrected chi connectivity index (χ1v) is 7.46. The summed E-state index contributed by atoms with van der Waals surface area (Å²) in [5.41, 5.74) is 0. The Morgan fingerprint density at radius 3 is 0.840 bits per heavy atom. The lowest BCUT2D eigenvalue weighted by Crippen LogP contribution is -2.50. The molecule has 0 fully saturated rings. The molecule has 0 amide bonds. The molecule has 25 heavy (non-hydrogen) atoms. The molecule has 8 N–H and O–H groups in total. The van der Waals surface area contributed by atoms with Crippen LogP contribution < -0.4 is 0 Å². The van der Waals surface area contributed by atoms with Crippen molar-refractivity contribution in [3.8, 4) is 0 Å². The largest absolute Gasteiger partial charge is 0.394 e. The molecule has 0 radical (unpaired) electrons. The fourth-order valence-electron chi connectivity index (χ4n) is 2.09. The van der Waals surface area contributed by atoms with Gasteiger partial charge in [-0.1, -0.05) is 14.9 Å². The van der Waals surface area contributed by atoms with Gasteiger partial charge in [0, 0.05) is 26.2 Å². The van der Waals surface area contributed by atoms with Gasteiger partial charge in [-0.05, 0) is 0 Å². The van der Waals surface area contributed by atoms with Crippen LogP contribution in [0, 0.1) is 0 Å². The van der Waals surface area contributed by atoms with Crippen molar-refractivity contribution in [3.63, 3.8) is 0 Å². The van der Waals surface area contributed by atoms with Gasteiger partial charge >= 0.3 is 0 Å². The minimum Gasteiger partial charge on any atom is -0.394 e. The Balaban J connectivity index is -0.00000242. The van der Waals surface area contributed by atoms with Crippen molar-refractivity contribution in [2.24, 2.45) is 0 Å². The van der Waals surface area contributed by atoms with E-state index in [1.807, 2.05) is 0 Å². The van der Waals surface area contributed by atoms with Crippen LogP contribution in [0.4, 0.5) is 0 Å². The second-order valence-electron chi connectivity index (χ2n) is 5.56. The van der Waals surface area contributed by atoms with E-state index in [4.69, 9.17) is 20.4 Å². The molecule has 4 unspecified atom stereocenters. The van der Waals surface area contributed by atoms with E-state index < -0.39 is 50.8 Å². The maximum atomic E-state index is 9.55. The van der Waals surface area contributed by atoms with Crippen LogP contribution in [-0.4, -0.2) is 134 Å². The SMILES string of the molecule is C.C.OCC(O)CN(CC(O)CO)CN(CC(O)CO)CC(O)CO. The molecular formula is C15H38N2O8. The van der Waals surface area contributed by atoms with Crippen LogP contribution in [0.1, 0.15) is 14.9 Å². The number of aliphatic hydroxyl groups is 8. The van der Waals surface area contributed by atoms with Crippen LogP contribution in [0.25, 0.3) is 0 Å². The van der Waals surface area contributed by atoms with E-state index >= 15 is 0 Å². The lowest BCUT2D eigenvalue weighted by molar-refractivity contribution is -0.0269. The normalized spacial score (nSPS) is 16.1. The highest BCUT2D eigenvalue weighted by Crippen LogP contribution is 2.03. The molecule has 0 aromatic carbocycles. The molecule has 0 bridgehead atoms. The Bertz CT molecular complexity index is 238. The van der Waals surface area contributed by atoms with Crippen molar-refractivity contribution in [2.45, 2.75) is 39.3 Å². The molecule has 0 aliphatic heterocycles. The predicted octanol–water partition coefficient (Wildman–Crippen LogP) is -3.77. The smallest absolute Gasteiger partial charge is 0.0897 e. The molecule has 0 heterocycles. The second kappa shape index (κ2) is 17.0. The molecule has 10 nitrogen and oxygen atoms in total. The summed E-state index contributed by atoms with van der Waals surface area (Å²) < 4.78 is 0. The van der Waals surface area contributed by atoms with Gasteiger partial charge in [-0.3, -0.25) is 9.80 Å². The molecule has 0 aromatic rings. The molecule has 0 saturated heterocycles. The number of aliphatic hydroxyl groups excluding tert-OH is 8. The van der Waals surface area contributed by atoms with Gasteiger partial charge in [0.1, 0.15) is 0 Å². The summed E-state index contributed by atoms with van der Waals surface area (Å²) in [5, 5.41) is 73.9. The highest BCUT2D eigenvalue weighted by atomic mass is 16.3. The second-order valence-corrected chi connectivity index (χ2v) is 5.56. The quantitative estimate of drug-likeness (QED) is 0.141. The fraction of sp³-hybridized carbons (Fsp3) is 1.00. The monoisotopic (exact) mass is 374 g/mol. The van der Waals surface area contributed by atoms with Crippen LogP contribution in [0.5, 0.6) is 0 Å². The van der Waals surface area contributed by atoms with Crippen molar-refractivity contribution < 1.29 is 40.9 Å². The minimum absolute atomic E-state index is 0. The van der Waals surface area contributed by atoms with Gasteiger partial charge < -0.3 is 40.9 Å². The minimum atomic E-state index is -1.06. The van der Waals surface area contributed by atoms with E-state index in [0.29, 0.717) is 0 Å². The first-order valence-electron chi connectivity index (χ1n) is 7.46. The highest BCUT2D eigenvalue weighted by Gasteiger charge is 2.21. The van der Waals surface area contributed by atoms with Gasteiger partial charge in [-0.25, -0.2) is 0 Å². The molecule has 0 aliphatic carbocycles. The number of hydrogen-bond donors (Lipinski definition) is 8. The molecule has 4 atom stereocenters. The first-order chi connectivity index (χ1) is 10.9. The van der Waals surface area contributed by atoms with Crippen molar-refractivity contribution in [2.75, 3.05) is 59.3 Å². The molecule has 0 spiro atoms. The van der Waals surface area contributed by atoms with E-state index in [1.165, 1.54) is 9.80 Å². The van der Waals surface area contributed by atoms with Gasteiger partial charge in [0.25, 0.3) is 0 Å². The van der Waals surface area contributed by atoms with Crippen molar-refractivity contribution >= 4 is 0 Å². The maximum Gasteiger partial charge on any atom is 0.0897 e. The zero-order valence-electron chi connectivity index (χ0n) is 13.1. The van der Waals surface area contributed by atoms with E-state index in [-0.39, 0.29) is 47.7 Å². The highest BCUT2D eigenvalue weighted by molar-refractivity contribution is 4.73. The van der Waals surface area contributed by atoms with E-state index in [9.17, 15) is 20.4 Å². The van der Waals surface area contributed by atoms with Crippen LogP contribution in [0.2, 0.25) is 0 Å². The molecule has 0 rings (SSSR count).